The normalized spacial score (nSPS) is 11.8. The predicted octanol–water partition coefficient (Wildman–Crippen LogP) is 4.78. The molecule has 90 valence electrons. The first-order chi connectivity index (χ1) is 7.50. The van der Waals surface area contributed by atoms with E-state index in [0.29, 0.717) is 10.6 Å². The maximum absolute atomic E-state index is 12.8. The highest BCUT2D eigenvalue weighted by atomic mass is 127. The molecular formula is C11H12F3IS. The Kier molecular flexibility index (Phi) is 5.30. The average molecular weight is 360 g/mol. The summed E-state index contributed by atoms with van der Waals surface area (Å²) in [6, 6.07) is 4.38. The summed E-state index contributed by atoms with van der Waals surface area (Å²) >= 11 is 0.727. The van der Waals surface area contributed by atoms with E-state index in [1.165, 1.54) is 17.8 Å². The van der Waals surface area contributed by atoms with Crippen LogP contribution in [-0.4, -0.2) is 10.3 Å². The third-order valence-electron chi connectivity index (χ3n) is 1.87. The summed E-state index contributed by atoms with van der Waals surface area (Å²) in [5, 5.41) is 0. The van der Waals surface area contributed by atoms with Crippen molar-refractivity contribution in [2.75, 3.05) is 5.75 Å². The fourth-order valence-corrected chi connectivity index (χ4v) is 4.07. The molecule has 1 rings (SSSR count). The van der Waals surface area contributed by atoms with Gasteiger partial charge in [0.05, 0.1) is 5.56 Å². The molecule has 0 saturated carbocycles. The van der Waals surface area contributed by atoms with E-state index in [9.17, 15) is 13.2 Å². The Balaban J connectivity index is 3.20. The molecule has 5 heteroatoms. The lowest BCUT2D eigenvalue weighted by Gasteiger charge is -2.14. The van der Waals surface area contributed by atoms with Crippen LogP contribution in [0.25, 0.3) is 0 Å². The Bertz CT molecular complexity index is 374. The van der Waals surface area contributed by atoms with Crippen molar-refractivity contribution in [2.45, 2.75) is 24.4 Å². The highest BCUT2D eigenvalue weighted by Gasteiger charge is 2.34. The first-order valence-electron chi connectivity index (χ1n) is 4.72. The van der Waals surface area contributed by atoms with Crippen LogP contribution in [0.5, 0.6) is 0 Å². The minimum absolute atomic E-state index is 0.389. The molecule has 0 N–H and O–H groups in total. The molecule has 0 amide bonds. The molecule has 0 aromatic heterocycles. The van der Waals surface area contributed by atoms with Crippen LogP contribution in [0.15, 0.2) is 23.1 Å². The van der Waals surface area contributed by atoms with Crippen molar-refractivity contribution in [3.8, 4) is 0 Å². The standard InChI is InChI=1S/C11H12F3IS/c1-3-7-16-10-8(11(12,13)14)5-4-6-9(10)15-2/h4-6H,2-3,7H2,1H3. The topological polar surface area (TPSA) is 0 Å². The zero-order chi connectivity index (χ0) is 12.2. The molecule has 0 heterocycles. The van der Waals surface area contributed by atoms with E-state index in [-0.39, 0.29) is 0 Å². The molecule has 0 unspecified atom stereocenters. The van der Waals surface area contributed by atoms with Gasteiger partial charge in [-0.15, -0.1) is 11.8 Å². The summed E-state index contributed by atoms with van der Waals surface area (Å²) in [4.78, 5) is 0.389. The number of hydrogen-bond donors (Lipinski definition) is 0. The molecular weight excluding hydrogens is 348 g/mol. The monoisotopic (exact) mass is 360 g/mol. The van der Waals surface area contributed by atoms with E-state index in [2.05, 4.69) is 4.51 Å². The highest BCUT2D eigenvalue weighted by molar-refractivity contribution is 14.2. The quantitative estimate of drug-likeness (QED) is 0.550. The highest BCUT2D eigenvalue weighted by Crippen LogP contribution is 2.39. The van der Waals surface area contributed by atoms with Crippen molar-refractivity contribution in [1.29, 1.82) is 0 Å². The van der Waals surface area contributed by atoms with Crippen molar-refractivity contribution in [1.82, 2.24) is 0 Å². The third kappa shape index (κ3) is 3.48. The maximum atomic E-state index is 12.8. The van der Waals surface area contributed by atoms with Gasteiger partial charge in [-0.3, -0.25) is 0 Å². The number of alkyl halides is 3. The van der Waals surface area contributed by atoms with Crippen LogP contribution >= 0.6 is 32.5 Å². The Morgan fingerprint density at radius 3 is 2.56 bits per heavy atom. The van der Waals surface area contributed by atoms with Crippen molar-refractivity contribution in [2.24, 2.45) is 0 Å². The maximum Gasteiger partial charge on any atom is 0.417 e. The van der Waals surface area contributed by atoms with Crippen LogP contribution in [0.3, 0.4) is 0 Å². The molecule has 1 aromatic rings. The smallest absolute Gasteiger partial charge is 0.166 e. The molecule has 0 bridgehead atoms. The number of benzene rings is 1. The van der Waals surface area contributed by atoms with Gasteiger partial charge in [0.2, 0.25) is 0 Å². The zero-order valence-corrected chi connectivity index (χ0v) is 11.7. The first-order valence-corrected chi connectivity index (χ1v) is 8.31. The summed E-state index contributed by atoms with van der Waals surface area (Å²) < 4.78 is 42.9. The van der Waals surface area contributed by atoms with Gasteiger partial charge in [-0.1, -0.05) is 38.2 Å². The summed E-state index contributed by atoms with van der Waals surface area (Å²) in [7, 11) is 0. The van der Waals surface area contributed by atoms with Crippen molar-refractivity contribution in [3.63, 3.8) is 0 Å². The van der Waals surface area contributed by atoms with E-state index in [0.717, 1.165) is 16.1 Å². The molecule has 0 spiro atoms. The van der Waals surface area contributed by atoms with Gasteiger partial charge >= 0.3 is 6.18 Å². The van der Waals surface area contributed by atoms with Crippen LogP contribution in [-0.2, 0) is 6.18 Å². The van der Waals surface area contributed by atoms with Crippen molar-refractivity contribution >= 4 is 37.0 Å². The Labute approximate surface area is 107 Å². The number of thioether (sulfide) groups is 1. The van der Waals surface area contributed by atoms with Crippen LogP contribution < -0.4 is 0 Å². The fourth-order valence-electron chi connectivity index (χ4n) is 1.19. The van der Waals surface area contributed by atoms with Gasteiger partial charge in [0.1, 0.15) is 0 Å². The molecule has 0 aliphatic carbocycles. The second-order valence-corrected chi connectivity index (χ2v) is 6.13. The Morgan fingerprint density at radius 1 is 1.38 bits per heavy atom. The number of halogens is 4. The van der Waals surface area contributed by atoms with Gasteiger partial charge in [-0.05, 0) is 24.3 Å². The average Bonchev–Trinajstić information content (AvgIpc) is 2.24. The van der Waals surface area contributed by atoms with E-state index in [1.54, 1.807) is 6.07 Å². The second kappa shape index (κ2) is 6.05. The molecule has 0 nitrogen and oxygen atoms in total. The second-order valence-electron chi connectivity index (χ2n) is 3.10. The SMILES string of the molecule is C=Ic1cccc(C(F)(F)F)c1SCCC. The van der Waals surface area contributed by atoms with E-state index in [1.807, 2.05) is 6.92 Å². The van der Waals surface area contributed by atoms with Crippen molar-refractivity contribution < 1.29 is 13.2 Å². The van der Waals surface area contributed by atoms with Gasteiger partial charge in [-0.2, -0.15) is 13.2 Å². The molecule has 0 aliphatic rings. The predicted molar refractivity (Wildman–Crippen MR) is 72.3 cm³/mol. The minimum Gasteiger partial charge on any atom is -0.166 e. The lowest BCUT2D eigenvalue weighted by atomic mass is 10.2. The van der Waals surface area contributed by atoms with Crippen LogP contribution in [0.2, 0.25) is 0 Å². The number of rotatable bonds is 4. The van der Waals surface area contributed by atoms with Gasteiger partial charge < -0.3 is 0 Å². The molecule has 0 fully saturated rings. The Morgan fingerprint density at radius 2 is 2.06 bits per heavy atom. The minimum atomic E-state index is -4.26. The first kappa shape index (κ1) is 14.0. The number of hydrogen-bond acceptors (Lipinski definition) is 1. The van der Waals surface area contributed by atoms with E-state index in [4.69, 9.17) is 0 Å². The van der Waals surface area contributed by atoms with Crippen LogP contribution in [0.4, 0.5) is 13.2 Å². The van der Waals surface area contributed by atoms with Gasteiger partial charge in [0, 0.05) is 8.47 Å². The summed E-state index contributed by atoms with van der Waals surface area (Å²) in [5.41, 5.74) is -0.508. The van der Waals surface area contributed by atoms with Crippen LogP contribution in [0, 0.1) is 3.57 Å². The molecule has 0 atom stereocenters. The lowest BCUT2D eigenvalue weighted by molar-refractivity contribution is -0.139. The lowest BCUT2D eigenvalue weighted by Crippen LogP contribution is -2.07. The van der Waals surface area contributed by atoms with E-state index < -0.39 is 32.5 Å². The summed E-state index contributed by atoms with van der Waals surface area (Å²) in [5.74, 6) is 0.712. The zero-order valence-electron chi connectivity index (χ0n) is 8.77. The molecule has 1 aromatic carbocycles. The largest absolute Gasteiger partial charge is 0.417 e. The van der Waals surface area contributed by atoms with E-state index >= 15 is 0 Å². The summed E-state index contributed by atoms with van der Waals surface area (Å²) in [6.07, 6.45) is -3.39. The molecule has 0 radical (unpaired) electrons. The fraction of sp³-hybridized carbons (Fsp3) is 0.364. The Hall–Kier alpha value is -0.0400. The molecule has 0 saturated heterocycles. The summed E-state index contributed by atoms with van der Waals surface area (Å²) in [6.45, 7) is 1.96. The third-order valence-corrected chi connectivity index (χ3v) is 5.29. The van der Waals surface area contributed by atoms with Gasteiger partial charge in [0.15, 0.2) is 0 Å². The van der Waals surface area contributed by atoms with Gasteiger partial charge in [-0.25, -0.2) is 0 Å². The molecule has 0 aliphatic heterocycles. The van der Waals surface area contributed by atoms with Crippen molar-refractivity contribution in [3.05, 3.63) is 27.3 Å². The van der Waals surface area contributed by atoms with Gasteiger partial charge in [0.25, 0.3) is 0 Å². The molecule has 16 heavy (non-hydrogen) atoms. The van der Waals surface area contributed by atoms with Crippen LogP contribution in [0.1, 0.15) is 18.9 Å².